The Kier molecular flexibility index (Phi) is 1.91. The molecule has 14 heavy (non-hydrogen) atoms. The Morgan fingerprint density at radius 2 is 2.07 bits per heavy atom. The van der Waals surface area contributed by atoms with E-state index in [0.29, 0.717) is 17.1 Å². The van der Waals surface area contributed by atoms with Crippen LogP contribution in [0.3, 0.4) is 0 Å². The number of halogens is 1. The molecule has 3 heteroatoms. The van der Waals surface area contributed by atoms with Crippen LogP contribution in [0.4, 0.5) is 15.8 Å². The summed E-state index contributed by atoms with van der Waals surface area (Å²) in [7, 11) is 0. The third-order valence-electron chi connectivity index (χ3n) is 2.77. The maximum atomic E-state index is 13.0. The first-order chi connectivity index (χ1) is 6.47. The second-order valence-electron chi connectivity index (χ2n) is 4.66. The fourth-order valence-electron chi connectivity index (χ4n) is 1.61. The van der Waals surface area contributed by atoms with Gasteiger partial charge >= 0.3 is 0 Å². The fraction of sp³-hybridized carbons (Fsp3) is 0.455. The first-order valence-electron chi connectivity index (χ1n) is 4.80. The summed E-state index contributed by atoms with van der Waals surface area (Å²) in [6.45, 7) is 4.38. The number of anilines is 2. The van der Waals surface area contributed by atoms with Gasteiger partial charge in [-0.2, -0.15) is 0 Å². The van der Waals surface area contributed by atoms with Gasteiger partial charge in [0.1, 0.15) is 5.82 Å². The van der Waals surface area contributed by atoms with Crippen LogP contribution in [-0.2, 0) is 0 Å². The Hall–Kier alpha value is -1.25. The third-order valence-corrected chi connectivity index (χ3v) is 2.77. The average Bonchev–Trinajstić information content (AvgIpc) is 2.55. The molecule has 76 valence electrons. The smallest absolute Gasteiger partial charge is 0.127 e. The van der Waals surface area contributed by atoms with Gasteiger partial charge in [0.05, 0.1) is 0 Å². The van der Waals surface area contributed by atoms with Crippen molar-refractivity contribution in [3.05, 3.63) is 24.0 Å². The Morgan fingerprint density at radius 3 is 2.57 bits per heavy atom. The van der Waals surface area contributed by atoms with Gasteiger partial charge in [-0.05, 0) is 30.0 Å². The minimum atomic E-state index is -0.286. The van der Waals surface area contributed by atoms with E-state index in [0.717, 1.165) is 12.1 Å². The molecule has 0 radical (unpaired) electrons. The molecule has 0 aromatic heterocycles. The lowest BCUT2D eigenvalue weighted by Crippen LogP contribution is -2.08. The molecule has 0 bridgehead atoms. The molecule has 1 aliphatic rings. The number of hydrogen-bond donors (Lipinski definition) is 2. The molecule has 1 aromatic carbocycles. The highest BCUT2D eigenvalue weighted by Gasteiger charge is 2.45. The molecule has 1 aromatic rings. The maximum Gasteiger partial charge on any atom is 0.127 e. The monoisotopic (exact) mass is 194 g/mol. The largest absolute Gasteiger partial charge is 0.399 e. The Bertz CT molecular complexity index is 340. The summed E-state index contributed by atoms with van der Waals surface area (Å²) in [6.07, 6.45) is 1.13. The molecule has 2 rings (SSSR count). The van der Waals surface area contributed by atoms with Crippen LogP contribution in [0.5, 0.6) is 0 Å². The second kappa shape index (κ2) is 2.87. The van der Waals surface area contributed by atoms with Crippen LogP contribution < -0.4 is 11.1 Å². The van der Waals surface area contributed by atoms with Crippen LogP contribution in [0.15, 0.2) is 18.2 Å². The van der Waals surface area contributed by atoms with Gasteiger partial charge in [-0.1, -0.05) is 13.8 Å². The first kappa shape index (κ1) is 9.31. The molecule has 1 atom stereocenters. The zero-order chi connectivity index (χ0) is 10.3. The Labute approximate surface area is 83.3 Å². The minimum Gasteiger partial charge on any atom is -0.399 e. The Balaban J connectivity index is 2.10. The molecule has 1 unspecified atom stereocenters. The van der Waals surface area contributed by atoms with Gasteiger partial charge in [0, 0.05) is 17.4 Å². The van der Waals surface area contributed by atoms with Crippen molar-refractivity contribution in [2.24, 2.45) is 5.41 Å². The van der Waals surface area contributed by atoms with Crippen molar-refractivity contribution in [3.63, 3.8) is 0 Å². The number of nitrogens with two attached hydrogens (primary N) is 1. The zero-order valence-corrected chi connectivity index (χ0v) is 8.47. The maximum absolute atomic E-state index is 13.0. The number of benzene rings is 1. The van der Waals surface area contributed by atoms with Gasteiger partial charge in [0.25, 0.3) is 0 Å². The highest BCUT2D eigenvalue weighted by atomic mass is 19.1. The van der Waals surface area contributed by atoms with Crippen molar-refractivity contribution in [1.29, 1.82) is 0 Å². The number of nitrogens with one attached hydrogen (secondary N) is 1. The summed E-state index contributed by atoms with van der Waals surface area (Å²) in [5, 5.41) is 3.27. The molecule has 3 N–H and O–H groups in total. The molecule has 0 amide bonds. The highest BCUT2D eigenvalue weighted by Crippen LogP contribution is 2.46. The van der Waals surface area contributed by atoms with Gasteiger partial charge in [-0.25, -0.2) is 4.39 Å². The quantitative estimate of drug-likeness (QED) is 0.710. The predicted octanol–water partition coefficient (Wildman–Crippen LogP) is 2.62. The van der Waals surface area contributed by atoms with Crippen molar-refractivity contribution in [3.8, 4) is 0 Å². The van der Waals surface area contributed by atoms with E-state index in [2.05, 4.69) is 19.2 Å². The summed E-state index contributed by atoms with van der Waals surface area (Å²) in [6, 6.07) is 5.01. The second-order valence-corrected chi connectivity index (χ2v) is 4.66. The van der Waals surface area contributed by atoms with Gasteiger partial charge in [-0.15, -0.1) is 0 Å². The van der Waals surface area contributed by atoms with Gasteiger partial charge in [0.15, 0.2) is 0 Å². The molecule has 0 spiro atoms. The molecule has 1 aliphatic carbocycles. The molecule has 0 aliphatic heterocycles. The Morgan fingerprint density at radius 1 is 1.43 bits per heavy atom. The van der Waals surface area contributed by atoms with E-state index in [-0.39, 0.29) is 5.82 Å². The topological polar surface area (TPSA) is 38.0 Å². The van der Waals surface area contributed by atoms with Crippen LogP contribution in [0.25, 0.3) is 0 Å². The highest BCUT2D eigenvalue weighted by molar-refractivity contribution is 5.56. The number of nitrogen functional groups attached to an aromatic ring is 1. The van der Waals surface area contributed by atoms with Crippen molar-refractivity contribution in [2.75, 3.05) is 11.1 Å². The summed E-state index contributed by atoms with van der Waals surface area (Å²) in [5.41, 5.74) is 7.12. The standard InChI is InChI=1S/C11H15FN2/c1-11(2)6-10(11)14-9-4-7(12)3-8(13)5-9/h3-5,10,14H,6,13H2,1-2H3. The van der Waals surface area contributed by atoms with Crippen molar-refractivity contribution < 1.29 is 4.39 Å². The van der Waals surface area contributed by atoms with E-state index in [1.54, 1.807) is 6.07 Å². The lowest BCUT2D eigenvalue weighted by molar-refractivity contribution is 0.623. The predicted molar refractivity (Wildman–Crippen MR) is 56.6 cm³/mol. The van der Waals surface area contributed by atoms with E-state index < -0.39 is 0 Å². The number of hydrogen-bond acceptors (Lipinski definition) is 2. The van der Waals surface area contributed by atoms with Crippen molar-refractivity contribution in [1.82, 2.24) is 0 Å². The van der Waals surface area contributed by atoms with Gasteiger partial charge < -0.3 is 11.1 Å². The van der Waals surface area contributed by atoms with Crippen LogP contribution >= 0.6 is 0 Å². The summed E-state index contributed by atoms with van der Waals surface area (Å²) >= 11 is 0. The number of rotatable bonds is 2. The van der Waals surface area contributed by atoms with E-state index in [1.807, 2.05) is 0 Å². The summed E-state index contributed by atoms with van der Waals surface area (Å²) in [4.78, 5) is 0. The van der Waals surface area contributed by atoms with Gasteiger partial charge in [-0.3, -0.25) is 0 Å². The fourth-order valence-corrected chi connectivity index (χ4v) is 1.61. The van der Waals surface area contributed by atoms with Crippen LogP contribution in [0.2, 0.25) is 0 Å². The van der Waals surface area contributed by atoms with Crippen LogP contribution in [-0.4, -0.2) is 6.04 Å². The van der Waals surface area contributed by atoms with Gasteiger partial charge in [0.2, 0.25) is 0 Å². The molecule has 2 nitrogen and oxygen atoms in total. The van der Waals surface area contributed by atoms with Crippen LogP contribution in [0, 0.1) is 11.2 Å². The third kappa shape index (κ3) is 1.81. The SMILES string of the molecule is CC1(C)CC1Nc1cc(N)cc(F)c1. The molecule has 1 saturated carbocycles. The normalized spacial score (nSPS) is 23.2. The first-order valence-corrected chi connectivity index (χ1v) is 4.80. The molecule has 0 saturated heterocycles. The van der Waals surface area contributed by atoms with Crippen molar-refractivity contribution >= 4 is 11.4 Å². The molecule has 0 heterocycles. The molecular weight excluding hydrogens is 179 g/mol. The van der Waals surface area contributed by atoms with Crippen LogP contribution in [0.1, 0.15) is 20.3 Å². The minimum absolute atomic E-state index is 0.286. The van der Waals surface area contributed by atoms with E-state index in [4.69, 9.17) is 5.73 Å². The molecular formula is C11H15FN2. The van der Waals surface area contributed by atoms with Crippen molar-refractivity contribution in [2.45, 2.75) is 26.3 Å². The molecule has 1 fully saturated rings. The van der Waals surface area contributed by atoms with E-state index in [1.165, 1.54) is 12.1 Å². The summed E-state index contributed by atoms with van der Waals surface area (Å²) in [5.74, 6) is -0.286. The van der Waals surface area contributed by atoms with E-state index in [9.17, 15) is 4.39 Å². The zero-order valence-electron chi connectivity index (χ0n) is 8.47. The lowest BCUT2D eigenvalue weighted by atomic mass is 10.2. The summed E-state index contributed by atoms with van der Waals surface area (Å²) < 4.78 is 13.0. The van der Waals surface area contributed by atoms with E-state index >= 15 is 0 Å². The lowest BCUT2D eigenvalue weighted by Gasteiger charge is -2.08. The average molecular weight is 194 g/mol.